The van der Waals surface area contributed by atoms with Crippen LogP contribution in [0.3, 0.4) is 0 Å². The summed E-state index contributed by atoms with van der Waals surface area (Å²) in [6.07, 6.45) is 9.49. The molecule has 1 aromatic carbocycles. The summed E-state index contributed by atoms with van der Waals surface area (Å²) in [5, 5.41) is 0. The maximum atomic E-state index is 4.45. The maximum Gasteiger partial charge on any atom is 0.105 e. The Morgan fingerprint density at radius 2 is 2.05 bits per heavy atom. The molecule has 4 nitrogen and oxygen atoms in total. The molecular weight excluding hydrogens is 319 g/mol. The fourth-order valence-corrected chi connectivity index (χ4v) is 2.14. The van der Waals surface area contributed by atoms with Gasteiger partial charge < -0.3 is 9.13 Å². The highest BCUT2D eigenvalue weighted by atomic mass is 35.5. The van der Waals surface area contributed by atoms with Crippen LogP contribution in [0.25, 0.3) is 11.8 Å². The highest BCUT2D eigenvalue weighted by molar-refractivity contribution is 5.85. The average Bonchev–Trinajstić information content (AvgIpc) is 3.10. The minimum atomic E-state index is 0. The second-order valence-corrected chi connectivity index (χ2v) is 4.67. The summed E-state index contributed by atoms with van der Waals surface area (Å²) in [6.45, 7) is 6.52. The van der Waals surface area contributed by atoms with Crippen molar-refractivity contribution in [2.75, 3.05) is 0 Å². The smallest absolute Gasteiger partial charge is 0.105 e. The molecule has 22 heavy (non-hydrogen) atoms. The van der Waals surface area contributed by atoms with Crippen molar-refractivity contribution in [1.29, 1.82) is 0 Å². The molecule has 0 aliphatic rings. The van der Waals surface area contributed by atoms with E-state index in [1.165, 1.54) is 0 Å². The van der Waals surface area contributed by atoms with Crippen LogP contribution < -0.4 is 0 Å². The first-order valence-corrected chi connectivity index (χ1v) is 6.50. The molecule has 2 heterocycles. The van der Waals surface area contributed by atoms with Gasteiger partial charge in [0.15, 0.2) is 0 Å². The highest BCUT2D eigenvalue weighted by Crippen LogP contribution is 2.13. The molecule has 3 aromatic rings. The van der Waals surface area contributed by atoms with Crippen LogP contribution in [0.2, 0.25) is 0 Å². The van der Waals surface area contributed by atoms with Gasteiger partial charge in [0, 0.05) is 24.3 Å². The lowest BCUT2D eigenvalue weighted by Crippen LogP contribution is -2.00. The van der Waals surface area contributed by atoms with Crippen molar-refractivity contribution >= 4 is 30.9 Å². The second-order valence-electron chi connectivity index (χ2n) is 4.67. The van der Waals surface area contributed by atoms with Crippen LogP contribution in [0.5, 0.6) is 0 Å². The zero-order valence-electron chi connectivity index (χ0n) is 12.2. The van der Waals surface area contributed by atoms with Crippen LogP contribution in [0.1, 0.15) is 17.1 Å². The van der Waals surface area contributed by atoms with Gasteiger partial charge in [-0.3, -0.25) is 0 Å². The lowest BCUT2D eigenvalue weighted by molar-refractivity contribution is 0.746. The molecule has 0 N–H and O–H groups in total. The molecule has 3 rings (SSSR count). The number of nitrogens with zero attached hydrogens (tertiary/aromatic N) is 4. The van der Waals surface area contributed by atoms with Gasteiger partial charge in [-0.05, 0) is 24.6 Å². The summed E-state index contributed by atoms with van der Waals surface area (Å²) in [5.74, 6) is 0.994. The molecule has 0 atom stereocenters. The molecule has 0 unspecified atom stereocenters. The number of aryl methyl sites for hydroxylation is 1. The van der Waals surface area contributed by atoms with E-state index in [0.29, 0.717) is 0 Å². The zero-order valence-corrected chi connectivity index (χ0v) is 13.8. The van der Waals surface area contributed by atoms with Crippen LogP contribution in [-0.4, -0.2) is 19.1 Å². The Bertz CT molecular complexity index is 746. The molecule has 0 fully saturated rings. The van der Waals surface area contributed by atoms with Gasteiger partial charge in [0.2, 0.25) is 0 Å². The molecule has 2 aromatic heterocycles. The Morgan fingerprint density at radius 1 is 1.23 bits per heavy atom. The maximum absolute atomic E-state index is 4.45. The van der Waals surface area contributed by atoms with Crippen LogP contribution >= 0.6 is 24.8 Å². The normalized spacial score (nSPS) is 9.68. The first-order chi connectivity index (χ1) is 9.76. The van der Waals surface area contributed by atoms with E-state index in [4.69, 9.17) is 0 Å². The third-order valence-electron chi connectivity index (χ3n) is 3.30. The van der Waals surface area contributed by atoms with Gasteiger partial charge >= 0.3 is 0 Å². The first kappa shape index (κ1) is 18.0. The van der Waals surface area contributed by atoms with E-state index in [-0.39, 0.29) is 24.8 Å². The number of imidazole rings is 2. The molecule has 0 radical (unpaired) electrons. The lowest BCUT2D eigenvalue weighted by Gasteiger charge is -2.03. The van der Waals surface area contributed by atoms with E-state index in [1.807, 2.05) is 48.4 Å². The van der Waals surface area contributed by atoms with Gasteiger partial charge in [0.05, 0.1) is 18.6 Å². The molecule has 0 saturated carbocycles. The molecule has 0 bridgehead atoms. The number of aromatic nitrogens is 4. The number of hydrogen-bond acceptors (Lipinski definition) is 2. The van der Waals surface area contributed by atoms with Crippen molar-refractivity contribution in [2.24, 2.45) is 0 Å². The summed E-state index contributed by atoms with van der Waals surface area (Å²) in [7, 11) is 0. The van der Waals surface area contributed by atoms with E-state index in [2.05, 4.69) is 33.2 Å². The Morgan fingerprint density at radius 3 is 2.73 bits per heavy atom. The SMILES string of the molecule is C=Cc1cccc(-n2cnc(Cn3ccnc3C)c2)c1.Cl.Cl. The number of halogens is 2. The molecular formula is C16H18Cl2N4. The fraction of sp³-hybridized carbons (Fsp3) is 0.125. The van der Waals surface area contributed by atoms with Gasteiger partial charge in [0.25, 0.3) is 0 Å². The molecule has 6 heteroatoms. The molecule has 0 spiro atoms. The predicted octanol–water partition coefficient (Wildman–Crippen LogP) is 3.91. The third-order valence-corrected chi connectivity index (χ3v) is 3.30. The Labute approximate surface area is 142 Å². The standard InChI is InChI=1S/C16H16N4.2ClH/c1-3-14-5-4-6-16(9-14)20-11-15(18-12-20)10-19-8-7-17-13(19)2;;/h3-9,11-12H,1,10H2,2H3;2*1H. The molecule has 0 aliphatic carbocycles. The van der Waals surface area contributed by atoms with E-state index < -0.39 is 0 Å². The summed E-state index contributed by atoms with van der Waals surface area (Å²) in [6, 6.07) is 8.19. The van der Waals surface area contributed by atoms with Crippen LogP contribution in [-0.2, 0) is 6.54 Å². The van der Waals surface area contributed by atoms with Crippen molar-refractivity contribution in [3.8, 4) is 5.69 Å². The Hall–Kier alpha value is -2.04. The van der Waals surface area contributed by atoms with Crippen molar-refractivity contribution in [3.63, 3.8) is 0 Å². The first-order valence-electron chi connectivity index (χ1n) is 6.50. The Kier molecular flexibility index (Phi) is 6.40. The van der Waals surface area contributed by atoms with Crippen molar-refractivity contribution in [3.05, 3.63) is 72.8 Å². The largest absolute Gasteiger partial charge is 0.329 e. The highest BCUT2D eigenvalue weighted by Gasteiger charge is 2.04. The van der Waals surface area contributed by atoms with Gasteiger partial charge in [0.1, 0.15) is 5.82 Å². The van der Waals surface area contributed by atoms with Crippen LogP contribution in [0, 0.1) is 6.92 Å². The summed E-state index contributed by atoms with van der Waals surface area (Å²) in [4.78, 5) is 8.67. The van der Waals surface area contributed by atoms with E-state index in [1.54, 1.807) is 6.20 Å². The van der Waals surface area contributed by atoms with Crippen molar-refractivity contribution in [2.45, 2.75) is 13.5 Å². The summed E-state index contributed by atoms with van der Waals surface area (Å²) >= 11 is 0. The van der Waals surface area contributed by atoms with E-state index >= 15 is 0 Å². The summed E-state index contributed by atoms with van der Waals surface area (Å²) in [5.41, 5.74) is 3.20. The zero-order chi connectivity index (χ0) is 13.9. The topological polar surface area (TPSA) is 35.6 Å². The van der Waals surface area contributed by atoms with Gasteiger partial charge in [-0.1, -0.05) is 24.8 Å². The van der Waals surface area contributed by atoms with Gasteiger partial charge in [-0.15, -0.1) is 24.8 Å². The molecule has 116 valence electrons. The molecule has 0 saturated heterocycles. The number of benzene rings is 1. The van der Waals surface area contributed by atoms with Crippen LogP contribution in [0.15, 0.2) is 55.8 Å². The molecule has 0 aliphatic heterocycles. The van der Waals surface area contributed by atoms with E-state index in [9.17, 15) is 0 Å². The lowest BCUT2D eigenvalue weighted by atomic mass is 10.2. The molecule has 0 amide bonds. The van der Waals surface area contributed by atoms with Gasteiger partial charge in [-0.25, -0.2) is 9.97 Å². The average molecular weight is 337 g/mol. The second kappa shape index (κ2) is 7.82. The quantitative estimate of drug-likeness (QED) is 0.724. The monoisotopic (exact) mass is 336 g/mol. The number of rotatable bonds is 4. The fourth-order valence-electron chi connectivity index (χ4n) is 2.14. The third kappa shape index (κ3) is 3.78. The van der Waals surface area contributed by atoms with Crippen molar-refractivity contribution < 1.29 is 0 Å². The summed E-state index contributed by atoms with van der Waals surface area (Å²) < 4.78 is 4.10. The predicted molar refractivity (Wildman–Crippen MR) is 94.2 cm³/mol. The minimum absolute atomic E-state index is 0. The van der Waals surface area contributed by atoms with Gasteiger partial charge in [-0.2, -0.15) is 0 Å². The Balaban J connectivity index is 0.00000121. The van der Waals surface area contributed by atoms with Crippen LogP contribution in [0.4, 0.5) is 0 Å². The van der Waals surface area contributed by atoms with E-state index in [0.717, 1.165) is 29.3 Å². The number of hydrogen-bond donors (Lipinski definition) is 0. The minimum Gasteiger partial charge on any atom is -0.329 e. The van der Waals surface area contributed by atoms with Crippen molar-refractivity contribution in [1.82, 2.24) is 19.1 Å².